The molecule has 7 nitrogen and oxygen atoms in total. The third-order valence-electron chi connectivity index (χ3n) is 7.68. The quantitative estimate of drug-likeness (QED) is 0.173. The van der Waals surface area contributed by atoms with Crippen molar-refractivity contribution in [1.82, 2.24) is 4.90 Å². The Labute approximate surface area is 236 Å². The second-order valence-electron chi connectivity index (χ2n) is 9.87. The van der Waals surface area contributed by atoms with Crippen molar-refractivity contribution in [3.8, 4) is 0 Å². The number of esters is 1. The summed E-state index contributed by atoms with van der Waals surface area (Å²) >= 11 is 12.0. The Kier molecular flexibility index (Phi) is 8.98. The van der Waals surface area contributed by atoms with Crippen LogP contribution in [-0.4, -0.2) is 75.0 Å². The first-order chi connectivity index (χ1) is 17.7. The molecular formula is C27H34BrClN2O5S. The number of alkyl halides is 1. The predicted octanol–water partition coefficient (Wildman–Crippen LogP) is 4.36. The second kappa shape index (κ2) is 11.7. The highest BCUT2D eigenvalue weighted by molar-refractivity contribution is 9.09. The number of ether oxygens (including phenoxy) is 1. The lowest BCUT2D eigenvalue weighted by Gasteiger charge is -2.38. The van der Waals surface area contributed by atoms with Gasteiger partial charge in [-0.1, -0.05) is 45.7 Å². The monoisotopic (exact) mass is 612 g/mol. The number of nitrogens with zero attached hydrogens (tertiary/aromatic N) is 2. The fourth-order valence-electron chi connectivity index (χ4n) is 6.26. The number of rotatable bonds is 11. The summed E-state index contributed by atoms with van der Waals surface area (Å²) in [5, 5.41) is 9.54. The van der Waals surface area contributed by atoms with Crippen molar-refractivity contribution >= 4 is 62.8 Å². The number of benzene rings is 1. The van der Waals surface area contributed by atoms with Gasteiger partial charge in [-0.05, 0) is 51.2 Å². The van der Waals surface area contributed by atoms with Gasteiger partial charge in [0.15, 0.2) is 0 Å². The Morgan fingerprint density at radius 1 is 1.38 bits per heavy atom. The van der Waals surface area contributed by atoms with Crippen molar-refractivity contribution in [2.24, 2.45) is 11.8 Å². The number of hydrogen-bond acceptors (Lipinski definition) is 6. The lowest BCUT2D eigenvalue weighted by atomic mass is 9.71. The van der Waals surface area contributed by atoms with Crippen LogP contribution in [0.4, 0.5) is 5.69 Å². The highest BCUT2D eigenvalue weighted by Gasteiger charge is 2.76. The molecule has 3 fully saturated rings. The number of carbonyl (C=O) groups is 3. The molecule has 2 amide bonds. The van der Waals surface area contributed by atoms with Gasteiger partial charge in [-0.25, -0.2) is 0 Å². The maximum absolute atomic E-state index is 14.6. The molecule has 3 heterocycles. The summed E-state index contributed by atoms with van der Waals surface area (Å²) in [6, 6.07) is 4.73. The van der Waals surface area contributed by atoms with Gasteiger partial charge in [0.2, 0.25) is 5.91 Å². The van der Waals surface area contributed by atoms with Crippen LogP contribution in [0.2, 0.25) is 5.02 Å². The molecule has 2 bridgehead atoms. The van der Waals surface area contributed by atoms with E-state index in [1.807, 2.05) is 19.1 Å². The van der Waals surface area contributed by atoms with E-state index in [4.69, 9.17) is 16.3 Å². The number of para-hydroxylation sites is 1. The Morgan fingerprint density at radius 2 is 2.14 bits per heavy atom. The molecule has 3 aliphatic rings. The minimum Gasteiger partial charge on any atom is -0.466 e. The van der Waals surface area contributed by atoms with Crippen LogP contribution >= 0.6 is 39.3 Å². The van der Waals surface area contributed by atoms with Crippen LogP contribution in [0.15, 0.2) is 30.9 Å². The van der Waals surface area contributed by atoms with E-state index >= 15 is 0 Å². The molecular weight excluding hydrogens is 580 g/mol. The van der Waals surface area contributed by atoms with E-state index in [1.165, 1.54) is 0 Å². The standard InChI is InChI=1S/C27H34BrClN2O5S/c1-4-12-30(21-16(3)10-9-11-18(21)29)25(34)23-27-15-17(28)22(37-27)19(26(35)36-5-2)20(27)24(33)31(23)13-7-6-8-14-32/h4,9-11,17,19-20,22-23,32H,1,5-8,12-15H2,2-3H3/t17?,19-,20+,22-,23?,27?/m1/s1. The maximum atomic E-state index is 14.6. The average molecular weight is 614 g/mol. The number of aryl methyl sites for hydroxylation is 1. The minimum absolute atomic E-state index is 0.0181. The Hall–Kier alpha value is -1.55. The van der Waals surface area contributed by atoms with Crippen LogP contribution < -0.4 is 4.90 Å². The van der Waals surface area contributed by atoms with E-state index in [-0.39, 0.29) is 47.6 Å². The highest BCUT2D eigenvalue weighted by atomic mass is 79.9. The molecule has 3 aliphatic heterocycles. The van der Waals surface area contributed by atoms with Gasteiger partial charge in [-0.2, -0.15) is 0 Å². The number of amides is 2. The van der Waals surface area contributed by atoms with Crippen LogP contribution in [0.1, 0.15) is 38.2 Å². The molecule has 6 atom stereocenters. The second-order valence-corrected chi connectivity index (χ2v) is 13.0. The summed E-state index contributed by atoms with van der Waals surface area (Å²) in [6.45, 7) is 8.46. The molecule has 10 heteroatoms. The predicted molar refractivity (Wildman–Crippen MR) is 150 cm³/mol. The third kappa shape index (κ3) is 4.85. The zero-order valence-corrected chi connectivity index (χ0v) is 24.4. The molecule has 1 spiro atoms. The number of unbranched alkanes of at least 4 members (excludes halogenated alkanes) is 2. The van der Waals surface area contributed by atoms with Gasteiger partial charge in [-0.3, -0.25) is 14.4 Å². The Balaban J connectivity index is 1.79. The number of aliphatic hydroxyl groups is 1. The van der Waals surface area contributed by atoms with Crippen molar-refractivity contribution in [3.63, 3.8) is 0 Å². The Morgan fingerprint density at radius 3 is 2.78 bits per heavy atom. The van der Waals surface area contributed by atoms with Crippen molar-refractivity contribution in [2.45, 2.75) is 60.4 Å². The molecule has 202 valence electrons. The largest absolute Gasteiger partial charge is 0.466 e. The number of likely N-dealkylation sites (tertiary alicyclic amines) is 1. The van der Waals surface area contributed by atoms with Crippen molar-refractivity contribution < 1.29 is 24.2 Å². The number of halogens is 2. The summed E-state index contributed by atoms with van der Waals surface area (Å²) in [5.41, 5.74) is 1.46. The topological polar surface area (TPSA) is 87.2 Å². The first kappa shape index (κ1) is 28.5. The van der Waals surface area contributed by atoms with Crippen molar-refractivity contribution in [3.05, 3.63) is 41.4 Å². The van der Waals surface area contributed by atoms with Crippen LogP contribution in [0.5, 0.6) is 0 Å². The molecule has 0 aliphatic carbocycles. The number of carbonyl (C=O) groups excluding carboxylic acids is 3. The smallest absolute Gasteiger partial charge is 0.310 e. The van der Waals surface area contributed by atoms with Gasteiger partial charge in [-0.15, -0.1) is 18.3 Å². The molecule has 1 aromatic carbocycles. The summed E-state index contributed by atoms with van der Waals surface area (Å²) in [7, 11) is 0. The highest BCUT2D eigenvalue weighted by Crippen LogP contribution is 2.68. The van der Waals surface area contributed by atoms with Crippen LogP contribution in [-0.2, 0) is 19.1 Å². The van der Waals surface area contributed by atoms with Crippen LogP contribution in [0, 0.1) is 18.8 Å². The van der Waals surface area contributed by atoms with Gasteiger partial charge in [0.05, 0.1) is 33.9 Å². The van der Waals surface area contributed by atoms with Gasteiger partial charge in [0, 0.05) is 29.8 Å². The number of thioether (sulfide) groups is 1. The number of hydrogen-bond donors (Lipinski definition) is 1. The lowest BCUT2D eigenvalue weighted by Crippen LogP contribution is -2.55. The van der Waals surface area contributed by atoms with Gasteiger partial charge >= 0.3 is 5.97 Å². The van der Waals surface area contributed by atoms with Crippen LogP contribution in [0.25, 0.3) is 0 Å². The Bertz CT molecular complexity index is 1050. The SMILES string of the molecule is C=CCN(C(=O)C1N(CCCCCO)C(=O)[C@@H]2[C@@H](C(=O)OCC)[C@@H]3SC12CC3Br)c1c(C)cccc1Cl. The zero-order chi connectivity index (χ0) is 26.9. The minimum atomic E-state index is -0.760. The summed E-state index contributed by atoms with van der Waals surface area (Å²) in [6.07, 6.45) is 4.27. The van der Waals surface area contributed by atoms with Gasteiger partial charge in [0.25, 0.3) is 5.91 Å². The van der Waals surface area contributed by atoms with Crippen LogP contribution in [0.3, 0.4) is 0 Å². The van der Waals surface area contributed by atoms with E-state index in [1.54, 1.807) is 40.6 Å². The molecule has 4 rings (SSSR count). The van der Waals surface area contributed by atoms with Gasteiger partial charge < -0.3 is 19.6 Å². The van der Waals surface area contributed by atoms with Gasteiger partial charge in [0.1, 0.15) is 6.04 Å². The zero-order valence-electron chi connectivity index (χ0n) is 21.2. The lowest BCUT2D eigenvalue weighted by molar-refractivity contribution is -0.153. The molecule has 3 saturated heterocycles. The normalized spacial score (nSPS) is 29.9. The summed E-state index contributed by atoms with van der Waals surface area (Å²) in [4.78, 5) is 45.0. The summed E-state index contributed by atoms with van der Waals surface area (Å²) < 4.78 is 4.66. The number of fused-ring (bicyclic) bond motifs is 1. The molecule has 1 aromatic rings. The van der Waals surface area contributed by atoms with Crippen molar-refractivity contribution in [2.75, 3.05) is 31.2 Å². The third-order valence-corrected chi connectivity index (χ3v) is 11.2. The van der Waals surface area contributed by atoms with E-state index < -0.39 is 22.6 Å². The number of aliphatic hydroxyl groups excluding tert-OH is 1. The molecule has 0 aromatic heterocycles. The van der Waals surface area contributed by atoms with Crippen molar-refractivity contribution in [1.29, 1.82) is 0 Å². The molecule has 1 N–H and O–H groups in total. The molecule has 0 saturated carbocycles. The van der Waals surface area contributed by atoms with E-state index in [9.17, 15) is 19.5 Å². The summed E-state index contributed by atoms with van der Waals surface area (Å²) in [5.74, 6) is -1.98. The maximum Gasteiger partial charge on any atom is 0.310 e. The molecule has 0 radical (unpaired) electrons. The number of anilines is 1. The fraction of sp³-hybridized carbons (Fsp3) is 0.593. The fourth-order valence-corrected chi connectivity index (χ4v) is 10.2. The molecule has 37 heavy (non-hydrogen) atoms. The first-order valence-electron chi connectivity index (χ1n) is 12.8. The van der Waals surface area contributed by atoms with E-state index in [0.29, 0.717) is 36.5 Å². The first-order valence-corrected chi connectivity index (χ1v) is 15.0. The van der Waals surface area contributed by atoms with E-state index in [2.05, 4.69) is 22.5 Å². The molecule has 3 unspecified atom stereocenters. The van der Waals surface area contributed by atoms with E-state index in [0.717, 1.165) is 12.0 Å². The average Bonchev–Trinajstić information content (AvgIpc) is 3.44.